The van der Waals surface area contributed by atoms with E-state index in [1.165, 1.54) is 14.2 Å². The van der Waals surface area contributed by atoms with Crippen molar-refractivity contribution in [1.82, 2.24) is 0 Å². The van der Waals surface area contributed by atoms with Gasteiger partial charge in [0.2, 0.25) is 0 Å². The van der Waals surface area contributed by atoms with Crippen molar-refractivity contribution in [2.75, 3.05) is 24.9 Å². The second-order valence-electron chi connectivity index (χ2n) is 5.60. The normalized spacial score (nSPS) is 10.7. The summed E-state index contributed by atoms with van der Waals surface area (Å²) in [6.45, 7) is 1.96. The van der Waals surface area contributed by atoms with Crippen LogP contribution >= 0.6 is 0 Å². The first-order valence-corrected chi connectivity index (χ1v) is 8.06. The molecular formula is C20H20N2O5. The van der Waals surface area contributed by atoms with Crippen LogP contribution in [-0.4, -0.2) is 32.1 Å². The molecule has 0 spiro atoms. The number of hydrogen-bond acceptors (Lipinski definition) is 6. The number of rotatable bonds is 6. The van der Waals surface area contributed by atoms with Crippen molar-refractivity contribution in [2.24, 2.45) is 0 Å². The molecule has 27 heavy (non-hydrogen) atoms. The fraction of sp³-hybridized carbons (Fsp3) is 0.150. The summed E-state index contributed by atoms with van der Waals surface area (Å²) in [6, 6.07) is 13.9. The lowest BCUT2D eigenvalue weighted by molar-refractivity contribution is -0.138. The maximum atomic E-state index is 12.4. The maximum absolute atomic E-state index is 12.4. The van der Waals surface area contributed by atoms with Gasteiger partial charge >= 0.3 is 11.9 Å². The quantitative estimate of drug-likeness (QED) is 0.601. The Balaban J connectivity index is 2.18. The number of methoxy groups -OCH3 is 2. The molecule has 0 fully saturated rings. The van der Waals surface area contributed by atoms with Gasteiger partial charge < -0.3 is 20.1 Å². The van der Waals surface area contributed by atoms with Gasteiger partial charge in [0.15, 0.2) is 0 Å². The molecule has 0 saturated carbocycles. The molecule has 0 aliphatic heterocycles. The molecular weight excluding hydrogens is 348 g/mol. The summed E-state index contributed by atoms with van der Waals surface area (Å²) in [4.78, 5) is 35.7. The molecule has 2 aromatic rings. The lowest BCUT2D eigenvalue weighted by Crippen LogP contribution is -2.16. The van der Waals surface area contributed by atoms with E-state index in [9.17, 15) is 14.4 Å². The number of benzene rings is 2. The number of anilines is 2. The Kier molecular flexibility index (Phi) is 6.71. The van der Waals surface area contributed by atoms with Gasteiger partial charge in [-0.1, -0.05) is 23.8 Å². The Bertz CT molecular complexity index is 872. The van der Waals surface area contributed by atoms with E-state index in [-0.39, 0.29) is 11.6 Å². The van der Waals surface area contributed by atoms with Gasteiger partial charge in [0.1, 0.15) is 5.70 Å². The topological polar surface area (TPSA) is 93.7 Å². The minimum absolute atomic E-state index is 0.111. The zero-order chi connectivity index (χ0) is 19.8. The smallest absolute Gasteiger partial charge is 0.354 e. The van der Waals surface area contributed by atoms with Crippen LogP contribution in [0.25, 0.3) is 0 Å². The summed E-state index contributed by atoms with van der Waals surface area (Å²) in [7, 11) is 2.39. The van der Waals surface area contributed by atoms with Crippen LogP contribution in [-0.2, 0) is 19.1 Å². The number of carbonyl (C=O) groups is 3. The van der Waals surface area contributed by atoms with Gasteiger partial charge in [-0.2, -0.15) is 0 Å². The number of nitrogens with one attached hydrogen (secondary N) is 2. The van der Waals surface area contributed by atoms with Crippen LogP contribution in [0.5, 0.6) is 0 Å². The van der Waals surface area contributed by atoms with Crippen molar-refractivity contribution < 1.29 is 23.9 Å². The fourth-order valence-corrected chi connectivity index (χ4v) is 2.17. The van der Waals surface area contributed by atoms with E-state index in [1.54, 1.807) is 24.3 Å². The van der Waals surface area contributed by atoms with E-state index < -0.39 is 11.9 Å². The maximum Gasteiger partial charge on any atom is 0.354 e. The minimum Gasteiger partial charge on any atom is -0.466 e. The Hall–Kier alpha value is -3.61. The monoisotopic (exact) mass is 368 g/mol. The zero-order valence-electron chi connectivity index (χ0n) is 15.2. The first-order valence-electron chi connectivity index (χ1n) is 8.06. The fourth-order valence-electron chi connectivity index (χ4n) is 2.17. The summed E-state index contributed by atoms with van der Waals surface area (Å²) in [5.41, 5.74) is 2.46. The molecule has 2 rings (SSSR count). The molecule has 0 aliphatic carbocycles. The molecule has 2 aromatic carbocycles. The molecule has 0 aromatic heterocycles. The van der Waals surface area contributed by atoms with Crippen LogP contribution in [0, 0.1) is 6.92 Å². The number of ether oxygens (including phenoxy) is 2. The molecule has 0 heterocycles. The third-order valence-corrected chi connectivity index (χ3v) is 3.58. The number of aryl methyl sites for hydroxylation is 1. The molecule has 0 aliphatic rings. The molecule has 0 radical (unpaired) electrons. The van der Waals surface area contributed by atoms with Gasteiger partial charge in [-0.05, 0) is 37.3 Å². The first-order chi connectivity index (χ1) is 12.9. The van der Waals surface area contributed by atoms with Crippen LogP contribution in [0.2, 0.25) is 0 Å². The average Bonchev–Trinajstić information content (AvgIpc) is 2.68. The molecule has 2 N–H and O–H groups in total. The lowest BCUT2D eigenvalue weighted by atomic mass is 10.1. The first kappa shape index (κ1) is 19.7. The average molecular weight is 368 g/mol. The molecule has 0 atom stereocenters. The molecule has 7 heteroatoms. The highest BCUT2D eigenvalue weighted by molar-refractivity contribution is 6.05. The van der Waals surface area contributed by atoms with Crippen molar-refractivity contribution in [2.45, 2.75) is 6.92 Å². The molecule has 1 amide bonds. The Labute approximate surface area is 157 Å². The Morgan fingerprint density at radius 1 is 0.889 bits per heavy atom. The second kappa shape index (κ2) is 9.19. The number of carbonyl (C=O) groups excluding carboxylic acids is 3. The van der Waals surface area contributed by atoms with Crippen LogP contribution in [0.4, 0.5) is 11.4 Å². The highest BCUT2D eigenvalue weighted by atomic mass is 16.5. The highest BCUT2D eigenvalue weighted by Crippen LogP contribution is 2.16. The summed E-state index contributed by atoms with van der Waals surface area (Å²) in [5.74, 6) is -1.76. The van der Waals surface area contributed by atoms with Crippen molar-refractivity contribution in [1.29, 1.82) is 0 Å². The number of hydrogen-bond donors (Lipinski definition) is 2. The van der Waals surface area contributed by atoms with Crippen molar-refractivity contribution in [3.05, 3.63) is 71.4 Å². The zero-order valence-corrected chi connectivity index (χ0v) is 15.2. The molecule has 0 unspecified atom stereocenters. The van der Waals surface area contributed by atoms with E-state index in [0.717, 1.165) is 11.6 Å². The van der Waals surface area contributed by atoms with Gasteiger partial charge in [-0.15, -0.1) is 0 Å². The predicted octanol–water partition coefficient (Wildman–Crippen LogP) is 2.89. The summed E-state index contributed by atoms with van der Waals surface area (Å²) < 4.78 is 9.16. The van der Waals surface area contributed by atoms with E-state index >= 15 is 0 Å². The molecule has 7 nitrogen and oxygen atoms in total. The summed E-state index contributed by atoms with van der Waals surface area (Å²) in [5, 5.41) is 5.56. The molecule has 140 valence electrons. The number of esters is 2. The van der Waals surface area contributed by atoms with Crippen molar-refractivity contribution >= 4 is 29.2 Å². The van der Waals surface area contributed by atoms with E-state index in [2.05, 4.69) is 20.1 Å². The second-order valence-corrected chi connectivity index (χ2v) is 5.60. The standard InChI is InChI=1S/C20H20N2O5/c1-13-7-9-15(10-8-13)22-19(24)14-5-4-6-16(11-14)21-17(20(25)27-3)12-18(23)26-2/h4-12,21H,1-3H3,(H,22,24)/b17-12+. The summed E-state index contributed by atoms with van der Waals surface area (Å²) in [6.07, 6.45) is 0.977. The van der Waals surface area contributed by atoms with Crippen molar-refractivity contribution in [3.8, 4) is 0 Å². The van der Waals surface area contributed by atoms with Gasteiger partial charge in [0.05, 0.1) is 20.3 Å². The van der Waals surface area contributed by atoms with E-state index in [1.807, 2.05) is 31.2 Å². The Morgan fingerprint density at radius 3 is 2.22 bits per heavy atom. The van der Waals surface area contributed by atoms with E-state index in [4.69, 9.17) is 0 Å². The minimum atomic E-state index is -0.741. The molecule has 0 saturated heterocycles. The van der Waals surface area contributed by atoms with Crippen molar-refractivity contribution in [3.63, 3.8) is 0 Å². The van der Waals surface area contributed by atoms with E-state index in [0.29, 0.717) is 16.9 Å². The van der Waals surface area contributed by atoms with Crippen LogP contribution in [0.3, 0.4) is 0 Å². The Morgan fingerprint density at radius 2 is 1.59 bits per heavy atom. The summed E-state index contributed by atoms with van der Waals surface area (Å²) >= 11 is 0. The third kappa shape index (κ3) is 5.71. The molecule has 0 bridgehead atoms. The van der Waals surface area contributed by atoms with Gasteiger partial charge in [0, 0.05) is 16.9 Å². The predicted molar refractivity (Wildman–Crippen MR) is 101 cm³/mol. The third-order valence-electron chi connectivity index (χ3n) is 3.58. The van der Waals surface area contributed by atoms with Gasteiger partial charge in [0.25, 0.3) is 5.91 Å². The number of amides is 1. The SMILES string of the molecule is COC(=O)/C=C(/Nc1cccc(C(=O)Nc2ccc(C)cc2)c1)C(=O)OC. The van der Waals surface area contributed by atoms with Crippen LogP contribution < -0.4 is 10.6 Å². The van der Waals surface area contributed by atoms with Gasteiger partial charge in [-0.25, -0.2) is 9.59 Å². The van der Waals surface area contributed by atoms with Crippen LogP contribution in [0.1, 0.15) is 15.9 Å². The largest absolute Gasteiger partial charge is 0.466 e. The lowest BCUT2D eigenvalue weighted by Gasteiger charge is -2.11. The van der Waals surface area contributed by atoms with Gasteiger partial charge in [-0.3, -0.25) is 4.79 Å². The highest BCUT2D eigenvalue weighted by Gasteiger charge is 2.14. The van der Waals surface area contributed by atoms with Crippen LogP contribution in [0.15, 0.2) is 60.3 Å².